The van der Waals surface area contributed by atoms with E-state index in [-0.39, 0.29) is 17.2 Å². The lowest BCUT2D eigenvalue weighted by atomic mass is 10.1. The molecule has 0 aromatic heterocycles. The number of rotatable bonds is 6. The highest BCUT2D eigenvalue weighted by Crippen LogP contribution is 2.24. The Hall–Kier alpha value is -3.75. The van der Waals surface area contributed by atoms with E-state index < -0.39 is 16.9 Å². The molecule has 1 N–H and O–H groups in total. The number of carbonyl (C=O) groups excluding carboxylic acids is 2. The number of nitrogens with one attached hydrogen (secondary N) is 1. The fourth-order valence-electron chi connectivity index (χ4n) is 2.10. The molecule has 9 nitrogen and oxygen atoms in total. The molecule has 2 aromatic carbocycles. The number of non-ortho nitro benzene ring substituents is 1. The molecule has 2 rings (SSSR count). The van der Waals surface area contributed by atoms with Crippen LogP contribution in [0.5, 0.6) is 11.5 Å². The topological polar surface area (TPSA) is 120 Å². The number of carbonyl (C=O) groups is 2. The van der Waals surface area contributed by atoms with Gasteiger partial charge in [-0.15, -0.1) is 0 Å². The second-order valence-electron chi connectivity index (χ2n) is 5.49. The monoisotopic (exact) mass is 371 g/mol. The van der Waals surface area contributed by atoms with Gasteiger partial charge in [0.1, 0.15) is 11.5 Å². The summed E-state index contributed by atoms with van der Waals surface area (Å²) in [7, 11) is 0. The van der Waals surface area contributed by atoms with Crippen molar-refractivity contribution < 1.29 is 24.0 Å². The van der Waals surface area contributed by atoms with Gasteiger partial charge in [0, 0.05) is 37.6 Å². The maximum absolute atomic E-state index is 11.2. The second-order valence-corrected chi connectivity index (χ2v) is 5.49. The summed E-state index contributed by atoms with van der Waals surface area (Å²) in [5, 5.41) is 14.9. The van der Waals surface area contributed by atoms with Gasteiger partial charge in [-0.05, 0) is 31.2 Å². The van der Waals surface area contributed by atoms with Gasteiger partial charge in [-0.1, -0.05) is 0 Å². The Morgan fingerprint density at radius 3 is 1.93 bits per heavy atom. The highest BCUT2D eigenvalue weighted by Gasteiger charge is 2.09. The Labute approximate surface area is 154 Å². The third-order valence-electron chi connectivity index (χ3n) is 3.25. The first-order valence-electron chi connectivity index (χ1n) is 7.81. The molecule has 0 aliphatic carbocycles. The summed E-state index contributed by atoms with van der Waals surface area (Å²) in [5.74, 6) is -0.610. The lowest BCUT2D eigenvalue weighted by Gasteiger charge is -2.09. The molecule has 0 aliphatic rings. The molecule has 0 saturated carbocycles. The Bertz CT molecular complexity index is 872. The Balaban J connectivity index is 2.25. The zero-order valence-electron chi connectivity index (χ0n) is 14.9. The lowest BCUT2D eigenvalue weighted by molar-refractivity contribution is -0.384. The lowest BCUT2D eigenvalue weighted by Crippen LogP contribution is -2.07. The molecular formula is C18H17N3O6. The van der Waals surface area contributed by atoms with Crippen molar-refractivity contribution in [2.75, 3.05) is 5.43 Å². The molecule has 9 heteroatoms. The van der Waals surface area contributed by atoms with Crippen molar-refractivity contribution in [3.63, 3.8) is 0 Å². The number of benzene rings is 2. The van der Waals surface area contributed by atoms with E-state index in [9.17, 15) is 19.7 Å². The van der Waals surface area contributed by atoms with Crippen molar-refractivity contribution in [2.45, 2.75) is 20.8 Å². The maximum atomic E-state index is 11.2. The molecule has 2 aromatic rings. The molecular weight excluding hydrogens is 354 g/mol. The molecule has 0 atom stereocenters. The molecule has 0 radical (unpaired) electrons. The summed E-state index contributed by atoms with van der Waals surface area (Å²) in [6, 6.07) is 10.3. The van der Waals surface area contributed by atoms with Crippen LogP contribution in [0.25, 0.3) is 0 Å². The first-order valence-corrected chi connectivity index (χ1v) is 7.81. The number of ether oxygens (including phenoxy) is 2. The quantitative estimate of drug-likeness (QED) is 0.272. The van der Waals surface area contributed by atoms with E-state index >= 15 is 0 Å². The highest BCUT2D eigenvalue weighted by molar-refractivity contribution is 6.00. The van der Waals surface area contributed by atoms with Crippen molar-refractivity contribution in [2.24, 2.45) is 5.10 Å². The first kappa shape index (κ1) is 19.6. The molecule has 0 spiro atoms. The molecule has 0 saturated heterocycles. The average molecular weight is 371 g/mol. The summed E-state index contributed by atoms with van der Waals surface area (Å²) in [5.41, 5.74) is 4.37. The smallest absolute Gasteiger partial charge is 0.308 e. The SMILES string of the molecule is CC(=O)Oc1cc(OC(C)=O)cc(/C(C)=N/Nc2ccc([N+](=O)[O-])cc2)c1. The third kappa shape index (κ3) is 5.92. The minimum Gasteiger partial charge on any atom is -0.427 e. The molecule has 0 bridgehead atoms. The fourth-order valence-corrected chi connectivity index (χ4v) is 2.10. The Morgan fingerprint density at radius 1 is 0.963 bits per heavy atom. The van der Waals surface area contributed by atoms with E-state index in [4.69, 9.17) is 9.47 Å². The number of nitro benzene ring substituents is 1. The number of nitrogens with zero attached hydrogens (tertiary/aromatic N) is 2. The van der Waals surface area contributed by atoms with Crippen LogP contribution in [0.2, 0.25) is 0 Å². The van der Waals surface area contributed by atoms with Crippen LogP contribution in [0.15, 0.2) is 47.6 Å². The average Bonchev–Trinajstić information content (AvgIpc) is 2.58. The van der Waals surface area contributed by atoms with E-state index in [1.54, 1.807) is 19.1 Å². The van der Waals surface area contributed by atoms with Gasteiger partial charge in [0.05, 0.1) is 16.3 Å². The minimum absolute atomic E-state index is 0.0265. The number of nitro groups is 1. The van der Waals surface area contributed by atoms with Gasteiger partial charge in [-0.3, -0.25) is 25.1 Å². The molecule has 140 valence electrons. The predicted octanol–water partition coefficient (Wildman–Crippen LogP) is 3.28. The van der Waals surface area contributed by atoms with Crippen molar-refractivity contribution in [3.8, 4) is 11.5 Å². The van der Waals surface area contributed by atoms with E-state index in [1.807, 2.05) is 0 Å². The van der Waals surface area contributed by atoms with Gasteiger partial charge in [0.25, 0.3) is 5.69 Å². The van der Waals surface area contributed by atoms with Gasteiger partial charge >= 0.3 is 11.9 Å². The van der Waals surface area contributed by atoms with Gasteiger partial charge in [0.15, 0.2) is 0 Å². The Kier molecular flexibility index (Phi) is 6.21. The van der Waals surface area contributed by atoms with Crippen molar-refractivity contribution in [1.82, 2.24) is 0 Å². The van der Waals surface area contributed by atoms with Crippen molar-refractivity contribution in [1.29, 1.82) is 0 Å². The normalized spacial score (nSPS) is 10.9. The molecule has 0 amide bonds. The number of esters is 2. The zero-order valence-corrected chi connectivity index (χ0v) is 14.9. The second kappa shape index (κ2) is 8.56. The van der Waals surface area contributed by atoms with Crippen molar-refractivity contribution >= 4 is 29.0 Å². The summed E-state index contributed by atoms with van der Waals surface area (Å²) >= 11 is 0. The Morgan fingerprint density at radius 2 is 1.48 bits per heavy atom. The number of hydrazone groups is 1. The molecule has 0 aliphatic heterocycles. The summed E-state index contributed by atoms with van der Waals surface area (Å²) in [6.45, 7) is 4.22. The van der Waals surface area contributed by atoms with Crippen LogP contribution in [0.3, 0.4) is 0 Å². The van der Waals surface area contributed by atoms with Gasteiger partial charge in [0.2, 0.25) is 0 Å². The standard InChI is InChI=1S/C18H17N3O6/c1-11(19-20-15-4-6-16(7-5-15)21(24)25)14-8-17(26-12(2)22)10-18(9-14)27-13(3)23/h4-10,20H,1-3H3/b19-11+. The van der Waals surface area contributed by atoms with Crippen LogP contribution in [0.4, 0.5) is 11.4 Å². The summed E-state index contributed by atoms with van der Waals surface area (Å²) in [4.78, 5) is 32.6. The van der Waals surface area contributed by atoms with Gasteiger partial charge < -0.3 is 9.47 Å². The van der Waals surface area contributed by atoms with Crippen LogP contribution in [0, 0.1) is 10.1 Å². The first-order chi connectivity index (χ1) is 12.7. The molecule has 0 unspecified atom stereocenters. The fraction of sp³-hybridized carbons (Fsp3) is 0.167. The minimum atomic E-state index is -0.514. The largest absolute Gasteiger partial charge is 0.427 e. The summed E-state index contributed by atoms with van der Waals surface area (Å²) < 4.78 is 10.1. The molecule has 27 heavy (non-hydrogen) atoms. The van der Waals surface area contributed by atoms with Gasteiger partial charge in [-0.25, -0.2) is 0 Å². The van der Waals surface area contributed by atoms with E-state index in [0.717, 1.165) is 0 Å². The van der Waals surface area contributed by atoms with E-state index in [2.05, 4.69) is 10.5 Å². The third-order valence-corrected chi connectivity index (χ3v) is 3.25. The highest BCUT2D eigenvalue weighted by atomic mass is 16.6. The van der Waals surface area contributed by atoms with Crippen molar-refractivity contribution in [3.05, 3.63) is 58.1 Å². The molecule has 0 fully saturated rings. The van der Waals surface area contributed by atoms with E-state index in [0.29, 0.717) is 17.0 Å². The maximum Gasteiger partial charge on any atom is 0.308 e. The van der Waals surface area contributed by atoms with Crippen LogP contribution < -0.4 is 14.9 Å². The van der Waals surface area contributed by atoms with E-state index in [1.165, 1.54) is 44.2 Å². The molecule has 0 heterocycles. The van der Waals surface area contributed by atoms with Crippen LogP contribution in [-0.2, 0) is 9.59 Å². The van der Waals surface area contributed by atoms with Crippen LogP contribution in [-0.4, -0.2) is 22.6 Å². The van der Waals surface area contributed by atoms with Crippen LogP contribution >= 0.6 is 0 Å². The van der Waals surface area contributed by atoms with Crippen LogP contribution in [0.1, 0.15) is 26.3 Å². The van der Waals surface area contributed by atoms with Gasteiger partial charge in [-0.2, -0.15) is 5.10 Å². The predicted molar refractivity (Wildman–Crippen MR) is 98.0 cm³/mol. The summed E-state index contributed by atoms with van der Waals surface area (Å²) in [6.07, 6.45) is 0. The number of hydrogen-bond acceptors (Lipinski definition) is 8. The number of anilines is 1. The zero-order chi connectivity index (χ0) is 20.0. The number of hydrogen-bond donors (Lipinski definition) is 1.